The van der Waals surface area contributed by atoms with Crippen LogP contribution in [0.4, 0.5) is 4.79 Å². The van der Waals surface area contributed by atoms with Gasteiger partial charge in [0, 0.05) is 16.9 Å². The van der Waals surface area contributed by atoms with E-state index in [9.17, 15) is 9.59 Å². The number of carbonyl (C=O) groups is 2. The fraction of sp³-hybridized carbons (Fsp3) is 0.467. The van der Waals surface area contributed by atoms with E-state index in [1.54, 1.807) is 0 Å². The second-order valence-electron chi connectivity index (χ2n) is 5.15. The Hall–Kier alpha value is -1.40. The summed E-state index contributed by atoms with van der Waals surface area (Å²) >= 11 is 3.41. The van der Waals surface area contributed by atoms with Crippen molar-refractivity contribution < 1.29 is 9.59 Å². The summed E-state index contributed by atoms with van der Waals surface area (Å²) in [6, 6.07) is 7.53. The number of amides is 3. The second kappa shape index (κ2) is 8.14. The van der Waals surface area contributed by atoms with Gasteiger partial charge in [0.1, 0.15) is 0 Å². The molecule has 1 aromatic rings. The molecule has 1 aliphatic rings. The molecule has 1 fully saturated rings. The Kier molecular flexibility index (Phi) is 6.20. The molecule has 0 unspecified atom stereocenters. The Morgan fingerprint density at radius 1 is 1.29 bits per heavy atom. The highest BCUT2D eigenvalue weighted by molar-refractivity contribution is 9.10. The first-order valence-electron chi connectivity index (χ1n) is 7.19. The molecule has 0 spiro atoms. The summed E-state index contributed by atoms with van der Waals surface area (Å²) in [5.74, 6) is -0.224. The van der Waals surface area contributed by atoms with Crippen molar-refractivity contribution in [1.29, 1.82) is 0 Å². The Morgan fingerprint density at radius 2 is 2.05 bits per heavy atom. The van der Waals surface area contributed by atoms with Gasteiger partial charge in [0.05, 0.1) is 0 Å². The quantitative estimate of drug-likeness (QED) is 0.773. The van der Waals surface area contributed by atoms with Crippen molar-refractivity contribution in [2.45, 2.75) is 19.3 Å². The Labute approximate surface area is 133 Å². The van der Waals surface area contributed by atoms with Crippen LogP contribution in [0.15, 0.2) is 28.7 Å². The maximum Gasteiger partial charge on any atom is 0.321 e. The highest BCUT2D eigenvalue weighted by atomic mass is 79.9. The van der Waals surface area contributed by atoms with Crippen molar-refractivity contribution >= 4 is 27.9 Å². The molecule has 1 saturated heterocycles. The van der Waals surface area contributed by atoms with Gasteiger partial charge in [-0.1, -0.05) is 28.1 Å². The SMILES string of the molecule is O=C(NCCc1cccc(Br)c1)NC(=O)C1CCNCC1. The van der Waals surface area contributed by atoms with E-state index in [1.165, 1.54) is 0 Å². The molecule has 1 aromatic carbocycles. The van der Waals surface area contributed by atoms with Crippen molar-refractivity contribution in [2.75, 3.05) is 19.6 Å². The van der Waals surface area contributed by atoms with Crippen molar-refractivity contribution in [3.8, 4) is 0 Å². The minimum atomic E-state index is -0.409. The first-order chi connectivity index (χ1) is 10.1. The summed E-state index contributed by atoms with van der Waals surface area (Å²) in [4.78, 5) is 23.6. The van der Waals surface area contributed by atoms with Crippen LogP contribution in [-0.2, 0) is 11.2 Å². The predicted octanol–water partition coefficient (Wildman–Crippen LogP) is 1.82. The highest BCUT2D eigenvalue weighted by Gasteiger charge is 2.22. The summed E-state index contributed by atoms with van der Waals surface area (Å²) in [6.07, 6.45) is 2.31. The number of urea groups is 1. The smallest absolute Gasteiger partial charge is 0.321 e. The average Bonchev–Trinajstić information content (AvgIpc) is 2.48. The lowest BCUT2D eigenvalue weighted by molar-refractivity contribution is -0.124. The van der Waals surface area contributed by atoms with E-state index in [0.717, 1.165) is 42.4 Å². The number of benzene rings is 1. The Balaban J connectivity index is 1.68. The first-order valence-corrected chi connectivity index (χ1v) is 7.98. The molecule has 6 heteroatoms. The molecule has 0 saturated carbocycles. The van der Waals surface area contributed by atoms with Crippen molar-refractivity contribution in [1.82, 2.24) is 16.0 Å². The molecule has 2 rings (SSSR count). The summed E-state index contributed by atoms with van der Waals surface area (Å²) in [6.45, 7) is 2.17. The lowest BCUT2D eigenvalue weighted by atomic mass is 9.97. The van der Waals surface area contributed by atoms with Crippen molar-refractivity contribution in [3.63, 3.8) is 0 Å². The Morgan fingerprint density at radius 3 is 2.76 bits per heavy atom. The van der Waals surface area contributed by atoms with Gasteiger partial charge in [-0.3, -0.25) is 10.1 Å². The largest absolute Gasteiger partial charge is 0.337 e. The van der Waals surface area contributed by atoms with Crippen LogP contribution in [0.5, 0.6) is 0 Å². The van der Waals surface area contributed by atoms with Gasteiger partial charge in [-0.15, -0.1) is 0 Å². The number of imide groups is 1. The summed E-state index contributed by atoms with van der Waals surface area (Å²) in [5, 5.41) is 8.34. The molecule has 1 heterocycles. The van der Waals surface area contributed by atoms with E-state index in [-0.39, 0.29) is 11.8 Å². The highest BCUT2D eigenvalue weighted by Crippen LogP contribution is 2.12. The fourth-order valence-corrected chi connectivity index (χ4v) is 2.80. The minimum Gasteiger partial charge on any atom is -0.337 e. The number of hydrogen-bond acceptors (Lipinski definition) is 3. The number of carbonyl (C=O) groups excluding carboxylic acids is 2. The summed E-state index contributed by atoms with van der Waals surface area (Å²) in [5.41, 5.74) is 1.13. The van der Waals surface area contributed by atoms with Gasteiger partial charge in [-0.05, 0) is 50.0 Å². The molecule has 0 atom stereocenters. The van der Waals surface area contributed by atoms with Crippen LogP contribution < -0.4 is 16.0 Å². The molecule has 114 valence electrons. The molecule has 0 bridgehead atoms. The number of nitrogens with one attached hydrogen (secondary N) is 3. The first kappa shape index (κ1) is 16.0. The maximum atomic E-state index is 11.9. The molecule has 21 heavy (non-hydrogen) atoms. The average molecular weight is 354 g/mol. The van der Waals surface area contributed by atoms with Crippen LogP contribution in [0, 0.1) is 5.92 Å². The van der Waals surface area contributed by atoms with Crippen LogP contribution in [0.1, 0.15) is 18.4 Å². The van der Waals surface area contributed by atoms with Gasteiger partial charge in [-0.2, -0.15) is 0 Å². The molecule has 0 aliphatic carbocycles. The molecular formula is C15H20BrN3O2. The monoisotopic (exact) mass is 353 g/mol. The minimum absolute atomic E-state index is 0.0536. The normalized spacial score (nSPS) is 15.5. The van der Waals surface area contributed by atoms with Gasteiger partial charge in [0.25, 0.3) is 0 Å². The topological polar surface area (TPSA) is 70.2 Å². The maximum absolute atomic E-state index is 11.9. The molecule has 1 aliphatic heterocycles. The molecule has 5 nitrogen and oxygen atoms in total. The number of piperidine rings is 1. The Bertz CT molecular complexity index is 501. The van der Waals surface area contributed by atoms with Crippen LogP contribution in [0.2, 0.25) is 0 Å². The van der Waals surface area contributed by atoms with Gasteiger partial charge < -0.3 is 10.6 Å². The summed E-state index contributed by atoms with van der Waals surface area (Å²) < 4.78 is 1.02. The van der Waals surface area contributed by atoms with E-state index in [4.69, 9.17) is 0 Å². The van der Waals surface area contributed by atoms with Crippen LogP contribution in [0.3, 0.4) is 0 Å². The fourth-order valence-electron chi connectivity index (χ4n) is 2.36. The zero-order valence-corrected chi connectivity index (χ0v) is 13.4. The predicted molar refractivity (Wildman–Crippen MR) is 85.0 cm³/mol. The molecule has 3 N–H and O–H groups in total. The van der Waals surface area contributed by atoms with Crippen LogP contribution in [-0.4, -0.2) is 31.6 Å². The third-order valence-corrected chi connectivity index (χ3v) is 4.03. The van der Waals surface area contributed by atoms with E-state index in [1.807, 2.05) is 24.3 Å². The molecule has 0 radical (unpaired) electrons. The van der Waals surface area contributed by atoms with Gasteiger partial charge in [0.15, 0.2) is 0 Å². The zero-order valence-electron chi connectivity index (χ0n) is 11.8. The zero-order chi connectivity index (χ0) is 15.1. The van der Waals surface area contributed by atoms with E-state index in [2.05, 4.69) is 31.9 Å². The van der Waals surface area contributed by atoms with Crippen LogP contribution in [0.25, 0.3) is 0 Å². The molecular weight excluding hydrogens is 334 g/mol. The van der Waals surface area contributed by atoms with Gasteiger partial charge >= 0.3 is 6.03 Å². The van der Waals surface area contributed by atoms with Gasteiger partial charge in [-0.25, -0.2) is 4.79 Å². The van der Waals surface area contributed by atoms with Gasteiger partial charge in [0.2, 0.25) is 5.91 Å². The van der Waals surface area contributed by atoms with Crippen molar-refractivity contribution in [3.05, 3.63) is 34.3 Å². The van der Waals surface area contributed by atoms with E-state index < -0.39 is 6.03 Å². The van der Waals surface area contributed by atoms with Crippen molar-refractivity contribution in [2.24, 2.45) is 5.92 Å². The third kappa shape index (κ3) is 5.47. The van der Waals surface area contributed by atoms with E-state index in [0.29, 0.717) is 6.54 Å². The third-order valence-electron chi connectivity index (χ3n) is 3.53. The molecule has 0 aromatic heterocycles. The molecule has 3 amide bonds. The second-order valence-corrected chi connectivity index (χ2v) is 6.07. The lowest BCUT2D eigenvalue weighted by Gasteiger charge is -2.21. The summed E-state index contributed by atoms with van der Waals surface area (Å²) in [7, 11) is 0. The number of halogens is 1. The lowest BCUT2D eigenvalue weighted by Crippen LogP contribution is -2.45. The number of hydrogen-bond donors (Lipinski definition) is 3. The van der Waals surface area contributed by atoms with Crippen LogP contribution >= 0.6 is 15.9 Å². The standard InChI is InChI=1S/C15H20BrN3O2/c16-13-3-1-2-11(10-13)4-9-18-15(21)19-14(20)12-5-7-17-8-6-12/h1-3,10,12,17H,4-9H2,(H2,18,19,20,21). The number of rotatable bonds is 4. The van der Waals surface area contributed by atoms with E-state index >= 15 is 0 Å².